The lowest BCUT2D eigenvalue weighted by molar-refractivity contribution is 0.0981. The highest BCUT2D eigenvalue weighted by molar-refractivity contribution is 4.86. The molecule has 1 aromatic rings. The van der Waals surface area contributed by atoms with Gasteiger partial charge in [-0.1, -0.05) is 12.1 Å². The third-order valence-electron chi connectivity index (χ3n) is 2.66. The second-order valence-corrected chi connectivity index (χ2v) is 4.18. The number of hydrogen-bond acceptors (Lipinski definition) is 6. The van der Waals surface area contributed by atoms with Crippen LogP contribution in [0.25, 0.3) is 0 Å². The first-order chi connectivity index (χ1) is 8.38. The normalized spacial score (nSPS) is 17.5. The van der Waals surface area contributed by atoms with Crippen LogP contribution in [0.15, 0.2) is 4.52 Å². The maximum absolute atomic E-state index is 5.35. The summed E-state index contributed by atoms with van der Waals surface area (Å²) in [6.07, 6.45) is 1.00. The van der Waals surface area contributed by atoms with Gasteiger partial charge in [-0.25, -0.2) is 0 Å². The van der Waals surface area contributed by atoms with Gasteiger partial charge in [0.2, 0.25) is 0 Å². The average Bonchev–Trinajstić information content (AvgIpc) is 2.79. The highest BCUT2D eigenvalue weighted by atomic mass is 16.5. The van der Waals surface area contributed by atoms with Crippen molar-refractivity contribution in [3.63, 3.8) is 0 Å². The zero-order chi connectivity index (χ0) is 11.9. The van der Waals surface area contributed by atoms with E-state index in [4.69, 9.17) is 9.26 Å². The second kappa shape index (κ2) is 6.68. The van der Waals surface area contributed by atoms with Crippen LogP contribution in [0.3, 0.4) is 0 Å². The lowest BCUT2D eigenvalue weighted by Crippen LogP contribution is -2.43. The van der Waals surface area contributed by atoms with Crippen LogP contribution in [0.5, 0.6) is 0 Å². The van der Waals surface area contributed by atoms with Crippen molar-refractivity contribution in [1.29, 1.82) is 0 Å². The Labute approximate surface area is 101 Å². The van der Waals surface area contributed by atoms with Crippen LogP contribution in [0.1, 0.15) is 25.1 Å². The van der Waals surface area contributed by atoms with Gasteiger partial charge in [0, 0.05) is 32.8 Å². The van der Waals surface area contributed by atoms with E-state index < -0.39 is 0 Å². The summed E-state index contributed by atoms with van der Waals surface area (Å²) in [4.78, 5) is 6.63. The van der Waals surface area contributed by atoms with Crippen molar-refractivity contribution < 1.29 is 9.26 Å². The first-order valence-electron chi connectivity index (χ1n) is 6.20. The molecule has 0 aliphatic carbocycles. The Morgan fingerprint density at radius 3 is 3.00 bits per heavy atom. The van der Waals surface area contributed by atoms with Gasteiger partial charge in [-0.05, 0) is 6.42 Å². The molecule has 1 aliphatic heterocycles. The topological polar surface area (TPSA) is 63.4 Å². The molecule has 6 nitrogen and oxygen atoms in total. The van der Waals surface area contributed by atoms with E-state index in [1.807, 2.05) is 0 Å². The summed E-state index contributed by atoms with van der Waals surface area (Å²) in [7, 11) is 0. The van der Waals surface area contributed by atoms with Crippen LogP contribution < -0.4 is 5.32 Å². The third-order valence-corrected chi connectivity index (χ3v) is 2.66. The summed E-state index contributed by atoms with van der Waals surface area (Å²) >= 11 is 0. The van der Waals surface area contributed by atoms with E-state index >= 15 is 0 Å². The van der Waals surface area contributed by atoms with Crippen LogP contribution in [-0.2, 0) is 17.9 Å². The highest BCUT2D eigenvalue weighted by Gasteiger charge is 2.13. The van der Waals surface area contributed by atoms with E-state index in [2.05, 4.69) is 27.3 Å². The summed E-state index contributed by atoms with van der Waals surface area (Å²) in [6.45, 7) is 8.13. The molecule has 1 aliphatic rings. The lowest BCUT2D eigenvalue weighted by Gasteiger charge is -2.25. The Morgan fingerprint density at radius 1 is 1.41 bits per heavy atom. The molecule has 1 saturated heterocycles. The molecule has 0 amide bonds. The Bertz CT molecular complexity index is 323. The standard InChI is InChI=1S/C11H20N4O2/c1-2-7-16-9-11-13-10(14-17-11)8-15-5-3-12-4-6-15/h12H,2-9H2,1H3. The molecule has 2 rings (SSSR count). The number of aromatic nitrogens is 2. The van der Waals surface area contributed by atoms with Crippen molar-refractivity contribution in [2.24, 2.45) is 0 Å². The fourth-order valence-electron chi connectivity index (χ4n) is 1.79. The van der Waals surface area contributed by atoms with Gasteiger partial charge in [0.1, 0.15) is 6.61 Å². The second-order valence-electron chi connectivity index (χ2n) is 4.18. The van der Waals surface area contributed by atoms with Gasteiger partial charge in [-0.2, -0.15) is 4.98 Å². The number of nitrogens with zero attached hydrogens (tertiary/aromatic N) is 3. The van der Waals surface area contributed by atoms with Crippen molar-refractivity contribution in [2.45, 2.75) is 26.5 Å². The quantitative estimate of drug-likeness (QED) is 0.726. The van der Waals surface area contributed by atoms with Gasteiger partial charge in [0.05, 0.1) is 6.54 Å². The minimum atomic E-state index is 0.419. The Kier molecular flexibility index (Phi) is 4.90. The summed E-state index contributed by atoms with van der Waals surface area (Å²) in [5.74, 6) is 1.32. The molecule has 1 N–H and O–H groups in total. The molecule has 0 unspecified atom stereocenters. The molecule has 0 aromatic carbocycles. The fourth-order valence-corrected chi connectivity index (χ4v) is 1.79. The summed E-state index contributed by atoms with van der Waals surface area (Å²) < 4.78 is 10.5. The summed E-state index contributed by atoms with van der Waals surface area (Å²) in [5, 5.41) is 7.27. The Balaban J connectivity index is 1.76. The van der Waals surface area contributed by atoms with Gasteiger partial charge in [-0.15, -0.1) is 0 Å². The molecule has 0 spiro atoms. The summed E-state index contributed by atoms with van der Waals surface area (Å²) in [5.41, 5.74) is 0. The molecule has 2 heterocycles. The van der Waals surface area contributed by atoms with Crippen molar-refractivity contribution in [2.75, 3.05) is 32.8 Å². The monoisotopic (exact) mass is 240 g/mol. The van der Waals surface area contributed by atoms with Crippen LogP contribution in [-0.4, -0.2) is 47.8 Å². The molecule has 0 bridgehead atoms. The van der Waals surface area contributed by atoms with Gasteiger partial charge >= 0.3 is 0 Å². The summed E-state index contributed by atoms with van der Waals surface area (Å²) in [6, 6.07) is 0. The molecule has 1 aromatic heterocycles. The zero-order valence-electron chi connectivity index (χ0n) is 10.3. The van der Waals surface area contributed by atoms with Crippen molar-refractivity contribution >= 4 is 0 Å². The molecular formula is C11H20N4O2. The van der Waals surface area contributed by atoms with Crippen molar-refractivity contribution in [1.82, 2.24) is 20.4 Å². The Hall–Kier alpha value is -0.980. The van der Waals surface area contributed by atoms with Gasteiger partial charge in [0.15, 0.2) is 5.82 Å². The van der Waals surface area contributed by atoms with E-state index in [0.717, 1.165) is 51.6 Å². The van der Waals surface area contributed by atoms with Crippen LogP contribution in [0.4, 0.5) is 0 Å². The fraction of sp³-hybridized carbons (Fsp3) is 0.818. The van der Waals surface area contributed by atoms with Gasteiger partial charge in [0.25, 0.3) is 5.89 Å². The van der Waals surface area contributed by atoms with E-state index in [1.54, 1.807) is 0 Å². The zero-order valence-corrected chi connectivity index (χ0v) is 10.3. The van der Waals surface area contributed by atoms with E-state index in [0.29, 0.717) is 12.5 Å². The maximum atomic E-state index is 5.35. The molecule has 0 saturated carbocycles. The number of piperazine rings is 1. The molecule has 1 fully saturated rings. The number of rotatable bonds is 6. The predicted octanol–water partition coefficient (Wildman–Crippen LogP) is 0.401. The first kappa shape index (κ1) is 12.5. The predicted molar refractivity (Wildman–Crippen MR) is 62.4 cm³/mol. The van der Waals surface area contributed by atoms with Crippen LogP contribution in [0.2, 0.25) is 0 Å². The highest BCUT2D eigenvalue weighted by Crippen LogP contribution is 2.04. The molecule has 6 heteroatoms. The van der Waals surface area contributed by atoms with Crippen molar-refractivity contribution in [3.05, 3.63) is 11.7 Å². The Morgan fingerprint density at radius 2 is 2.24 bits per heavy atom. The van der Waals surface area contributed by atoms with Crippen molar-refractivity contribution in [3.8, 4) is 0 Å². The molecule has 17 heavy (non-hydrogen) atoms. The van der Waals surface area contributed by atoms with Crippen LogP contribution in [0, 0.1) is 0 Å². The van der Waals surface area contributed by atoms with E-state index in [9.17, 15) is 0 Å². The minimum Gasteiger partial charge on any atom is -0.372 e. The van der Waals surface area contributed by atoms with E-state index in [-0.39, 0.29) is 0 Å². The number of ether oxygens (including phenoxy) is 1. The van der Waals surface area contributed by atoms with Gasteiger partial charge < -0.3 is 14.6 Å². The largest absolute Gasteiger partial charge is 0.372 e. The average molecular weight is 240 g/mol. The van der Waals surface area contributed by atoms with Crippen LogP contribution >= 0.6 is 0 Å². The smallest absolute Gasteiger partial charge is 0.252 e. The third kappa shape index (κ3) is 4.07. The van der Waals surface area contributed by atoms with E-state index in [1.165, 1.54) is 0 Å². The SMILES string of the molecule is CCCOCc1nc(CN2CCNCC2)no1. The first-order valence-corrected chi connectivity index (χ1v) is 6.20. The minimum absolute atomic E-state index is 0.419. The molecule has 0 radical (unpaired) electrons. The molecular weight excluding hydrogens is 220 g/mol. The number of nitrogens with one attached hydrogen (secondary N) is 1. The number of hydrogen-bond donors (Lipinski definition) is 1. The molecule has 96 valence electrons. The maximum Gasteiger partial charge on any atom is 0.252 e. The van der Waals surface area contributed by atoms with Gasteiger partial charge in [-0.3, -0.25) is 4.90 Å². The lowest BCUT2D eigenvalue weighted by atomic mass is 10.3. The molecule has 0 atom stereocenters.